The van der Waals surface area contributed by atoms with Crippen LogP contribution in [0.3, 0.4) is 0 Å². The van der Waals surface area contributed by atoms with E-state index in [9.17, 15) is 13.6 Å². The van der Waals surface area contributed by atoms with Gasteiger partial charge in [0.1, 0.15) is 0 Å². The van der Waals surface area contributed by atoms with E-state index in [0.717, 1.165) is 0 Å². The van der Waals surface area contributed by atoms with Crippen molar-refractivity contribution in [3.8, 4) is 11.5 Å². The third-order valence-electron chi connectivity index (χ3n) is 2.77. The van der Waals surface area contributed by atoms with Gasteiger partial charge in [-0.3, -0.25) is 4.79 Å². The molecule has 0 unspecified atom stereocenters. The third kappa shape index (κ3) is 3.65. The van der Waals surface area contributed by atoms with Gasteiger partial charge in [-0.2, -0.15) is 8.78 Å². The molecule has 0 aliphatic heterocycles. The topological polar surface area (TPSA) is 47.6 Å². The molecule has 2 aromatic carbocycles. The SMILES string of the molecule is COc1cccc(C(=O)Nc2ccccc2Cl)c1OC(F)F. The molecular formula is C15H12ClF2NO3. The van der Waals surface area contributed by atoms with Gasteiger partial charge in [0.15, 0.2) is 11.5 Å². The second kappa shape index (κ2) is 7.09. The van der Waals surface area contributed by atoms with Crippen molar-refractivity contribution in [3.05, 3.63) is 53.1 Å². The van der Waals surface area contributed by atoms with Gasteiger partial charge >= 0.3 is 6.61 Å². The largest absolute Gasteiger partial charge is 0.493 e. The van der Waals surface area contributed by atoms with Crippen LogP contribution in [-0.2, 0) is 0 Å². The van der Waals surface area contributed by atoms with E-state index in [4.69, 9.17) is 16.3 Å². The number of methoxy groups -OCH3 is 1. The second-order valence-corrected chi connectivity index (χ2v) is 4.56. The predicted molar refractivity (Wildman–Crippen MR) is 79.0 cm³/mol. The van der Waals surface area contributed by atoms with Gasteiger partial charge in [0.2, 0.25) is 0 Å². The first kappa shape index (κ1) is 16.0. The first-order chi connectivity index (χ1) is 10.5. The van der Waals surface area contributed by atoms with Crippen molar-refractivity contribution in [2.24, 2.45) is 0 Å². The van der Waals surface area contributed by atoms with E-state index in [-0.39, 0.29) is 17.1 Å². The first-order valence-electron chi connectivity index (χ1n) is 6.20. The molecule has 0 saturated heterocycles. The fraction of sp³-hybridized carbons (Fsp3) is 0.133. The number of para-hydroxylation sites is 2. The summed E-state index contributed by atoms with van der Waals surface area (Å²) in [5.74, 6) is -0.931. The number of hydrogen-bond donors (Lipinski definition) is 1. The van der Waals surface area contributed by atoms with Crippen LogP contribution in [0.1, 0.15) is 10.4 Å². The van der Waals surface area contributed by atoms with Gasteiger partial charge in [0, 0.05) is 0 Å². The number of nitrogens with one attached hydrogen (secondary N) is 1. The lowest BCUT2D eigenvalue weighted by molar-refractivity contribution is -0.0515. The Balaban J connectivity index is 2.35. The average Bonchev–Trinajstić information content (AvgIpc) is 2.49. The van der Waals surface area contributed by atoms with Crippen LogP contribution in [0.2, 0.25) is 5.02 Å². The van der Waals surface area contributed by atoms with Crippen LogP contribution >= 0.6 is 11.6 Å². The molecule has 0 atom stereocenters. The highest BCUT2D eigenvalue weighted by Gasteiger charge is 2.20. The summed E-state index contributed by atoms with van der Waals surface area (Å²) in [7, 11) is 1.30. The number of ether oxygens (including phenoxy) is 2. The van der Waals surface area contributed by atoms with Gasteiger partial charge in [0.05, 0.1) is 23.4 Å². The van der Waals surface area contributed by atoms with Crippen molar-refractivity contribution in [2.45, 2.75) is 6.61 Å². The molecule has 0 saturated carbocycles. The molecule has 7 heteroatoms. The number of rotatable bonds is 5. The van der Waals surface area contributed by atoms with Gasteiger partial charge in [-0.1, -0.05) is 29.8 Å². The van der Waals surface area contributed by atoms with E-state index in [0.29, 0.717) is 10.7 Å². The van der Waals surface area contributed by atoms with Gasteiger partial charge in [0.25, 0.3) is 5.91 Å². The highest BCUT2D eigenvalue weighted by molar-refractivity contribution is 6.33. The molecule has 0 fully saturated rings. The maximum Gasteiger partial charge on any atom is 0.387 e. The van der Waals surface area contributed by atoms with E-state index in [1.807, 2.05) is 0 Å². The monoisotopic (exact) mass is 327 g/mol. The lowest BCUT2D eigenvalue weighted by Gasteiger charge is -2.14. The Labute approximate surface area is 130 Å². The molecule has 0 aliphatic rings. The van der Waals surface area contributed by atoms with E-state index < -0.39 is 12.5 Å². The van der Waals surface area contributed by atoms with E-state index in [2.05, 4.69) is 10.1 Å². The number of anilines is 1. The Morgan fingerprint density at radius 1 is 1.18 bits per heavy atom. The van der Waals surface area contributed by atoms with Crippen LogP contribution in [0.15, 0.2) is 42.5 Å². The van der Waals surface area contributed by atoms with Crippen LogP contribution in [-0.4, -0.2) is 19.6 Å². The normalized spacial score (nSPS) is 10.4. The summed E-state index contributed by atoms with van der Waals surface area (Å²) in [4.78, 5) is 12.3. The summed E-state index contributed by atoms with van der Waals surface area (Å²) in [6, 6.07) is 10.8. The third-order valence-corrected chi connectivity index (χ3v) is 3.10. The van der Waals surface area contributed by atoms with Crippen LogP contribution in [0.4, 0.5) is 14.5 Å². The number of amides is 1. The van der Waals surface area contributed by atoms with Crippen molar-refractivity contribution in [3.63, 3.8) is 0 Å². The molecule has 2 rings (SSSR count). The van der Waals surface area contributed by atoms with E-state index in [1.165, 1.54) is 25.3 Å². The number of benzene rings is 2. The van der Waals surface area contributed by atoms with Gasteiger partial charge in [-0.05, 0) is 24.3 Å². The Bertz CT molecular complexity index is 680. The summed E-state index contributed by atoms with van der Waals surface area (Å²) in [6.07, 6.45) is 0. The fourth-order valence-electron chi connectivity index (χ4n) is 1.82. The van der Waals surface area contributed by atoms with E-state index in [1.54, 1.807) is 24.3 Å². The highest BCUT2D eigenvalue weighted by atomic mass is 35.5. The van der Waals surface area contributed by atoms with Crippen molar-refractivity contribution in [2.75, 3.05) is 12.4 Å². The summed E-state index contributed by atoms with van der Waals surface area (Å²) in [6.45, 7) is -3.08. The van der Waals surface area contributed by atoms with Crippen LogP contribution < -0.4 is 14.8 Å². The van der Waals surface area contributed by atoms with E-state index >= 15 is 0 Å². The molecular weight excluding hydrogens is 316 g/mol. The highest BCUT2D eigenvalue weighted by Crippen LogP contribution is 2.33. The Kier molecular flexibility index (Phi) is 5.16. The van der Waals surface area contributed by atoms with Crippen LogP contribution in [0.5, 0.6) is 11.5 Å². The molecule has 4 nitrogen and oxygen atoms in total. The van der Waals surface area contributed by atoms with Gasteiger partial charge in [-0.25, -0.2) is 0 Å². The van der Waals surface area contributed by atoms with Crippen LogP contribution in [0.25, 0.3) is 0 Å². The second-order valence-electron chi connectivity index (χ2n) is 4.15. The molecule has 0 spiro atoms. The minimum atomic E-state index is -3.08. The molecule has 22 heavy (non-hydrogen) atoms. The number of carbonyl (C=O) groups excluding carboxylic acids is 1. The maximum atomic E-state index is 12.5. The first-order valence-corrected chi connectivity index (χ1v) is 6.58. The fourth-order valence-corrected chi connectivity index (χ4v) is 2.00. The zero-order chi connectivity index (χ0) is 16.1. The summed E-state index contributed by atoms with van der Waals surface area (Å²) in [5.41, 5.74) is 0.277. The van der Waals surface area contributed by atoms with Gasteiger partial charge in [-0.15, -0.1) is 0 Å². The lowest BCUT2D eigenvalue weighted by Crippen LogP contribution is -2.15. The zero-order valence-electron chi connectivity index (χ0n) is 11.5. The van der Waals surface area contributed by atoms with Crippen molar-refractivity contribution in [1.29, 1.82) is 0 Å². The van der Waals surface area contributed by atoms with Crippen molar-refractivity contribution < 1.29 is 23.0 Å². The number of carbonyl (C=O) groups is 1. The van der Waals surface area contributed by atoms with Crippen LogP contribution in [0, 0.1) is 0 Å². The Hall–Kier alpha value is -2.34. The summed E-state index contributed by atoms with van der Waals surface area (Å²) >= 11 is 5.95. The summed E-state index contributed by atoms with van der Waals surface area (Å²) in [5, 5.41) is 2.87. The molecule has 0 aliphatic carbocycles. The summed E-state index contributed by atoms with van der Waals surface area (Å²) < 4.78 is 34.4. The number of halogens is 3. The Morgan fingerprint density at radius 3 is 2.55 bits per heavy atom. The predicted octanol–water partition coefficient (Wildman–Crippen LogP) is 4.20. The van der Waals surface area contributed by atoms with Gasteiger partial charge < -0.3 is 14.8 Å². The molecule has 1 amide bonds. The minimum absolute atomic E-state index is 0.0344. The molecule has 116 valence electrons. The van der Waals surface area contributed by atoms with Crippen molar-refractivity contribution >= 4 is 23.2 Å². The molecule has 2 aromatic rings. The smallest absolute Gasteiger partial charge is 0.387 e. The lowest BCUT2D eigenvalue weighted by atomic mass is 10.1. The molecule has 0 radical (unpaired) electrons. The van der Waals surface area contributed by atoms with Crippen molar-refractivity contribution in [1.82, 2.24) is 0 Å². The molecule has 0 heterocycles. The zero-order valence-corrected chi connectivity index (χ0v) is 12.2. The number of hydrogen-bond acceptors (Lipinski definition) is 3. The Morgan fingerprint density at radius 2 is 1.91 bits per heavy atom. The molecule has 0 aromatic heterocycles. The number of alkyl halides is 2. The average molecular weight is 328 g/mol. The molecule has 0 bridgehead atoms. The molecule has 1 N–H and O–H groups in total. The minimum Gasteiger partial charge on any atom is -0.493 e. The standard InChI is InChI=1S/C15H12ClF2NO3/c1-21-12-8-4-5-9(13(12)22-15(17)18)14(20)19-11-7-3-2-6-10(11)16/h2-8,15H,1H3,(H,19,20). The maximum absolute atomic E-state index is 12.5. The quantitative estimate of drug-likeness (QED) is 0.895.